The molecule has 1 aromatic heterocycles. The Morgan fingerprint density at radius 1 is 0.911 bits per heavy atom. The van der Waals surface area contributed by atoms with E-state index >= 15 is 0 Å². The zero-order chi connectivity index (χ0) is 33.4. The predicted octanol–water partition coefficient (Wildman–Crippen LogP) is 10.2. The molecule has 4 aromatic rings. The molecule has 45 heavy (non-hydrogen) atoms. The molecule has 4 rings (SSSR count). The van der Waals surface area contributed by atoms with Crippen molar-refractivity contribution in [2.24, 2.45) is 10.8 Å². The maximum absolute atomic E-state index is 11.8. The number of hydrogen-bond acceptors (Lipinski definition) is 4. The number of allylic oxidation sites excluding steroid dienone is 2. The van der Waals surface area contributed by atoms with Gasteiger partial charge in [-0.15, -0.1) is 0 Å². The Balaban J connectivity index is 0.000000378. The average molecular weight is 847 g/mol. The summed E-state index contributed by atoms with van der Waals surface area (Å²) in [5.74, 6) is 8.43. The van der Waals surface area contributed by atoms with Crippen LogP contribution in [-0.4, -0.2) is 34.1 Å². The van der Waals surface area contributed by atoms with E-state index in [0.29, 0.717) is 0 Å². The van der Waals surface area contributed by atoms with Gasteiger partial charge >= 0.3 is 177 Å². The van der Waals surface area contributed by atoms with Gasteiger partial charge in [0.05, 0.1) is 0 Å². The third kappa shape index (κ3) is 8.73. The van der Waals surface area contributed by atoms with Crippen molar-refractivity contribution < 1.29 is 30.0 Å². The number of aryl methyl sites for hydroxylation is 5. The molecule has 6 heteroatoms. The Morgan fingerprint density at radius 2 is 1.51 bits per heavy atom. The number of aliphatic hydroxyl groups excluding tert-OH is 1. The van der Waals surface area contributed by atoms with Crippen LogP contribution in [0.5, 0.6) is 0 Å². The van der Waals surface area contributed by atoms with Gasteiger partial charge in [-0.2, -0.15) is 0 Å². The molecule has 1 heterocycles. The standard InChI is InChI=1S/C26H29GeN2.C13H24O2.Ir/c1-15-11-16(2)13-21(12-15)25-22-10-9-20-14-17(3)24(27(6,7)8)18(4)23(20)26(22)29-19(5)28-25;1-7-12(3,4)10(14)9-11(15)13(5,6)8-2;/h9-12,14H,1-8H3;9,14H,7-8H2,1-6H3;/q-1;;/b;10-9-;. The van der Waals surface area contributed by atoms with Crippen LogP contribution in [0.15, 0.2) is 42.2 Å². The zero-order valence-electron chi connectivity index (χ0n) is 30.0. The first-order valence-electron chi connectivity index (χ1n) is 15.9. The number of carbonyl (C=O) groups excluding carboxylic acids is 1. The first-order valence-corrected chi connectivity index (χ1v) is 23.3. The molecule has 0 amide bonds. The fraction of sp³-hybridized carbons (Fsp3) is 0.462. The number of carbonyl (C=O) groups is 1. The number of ketones is 1. The molecule has 0 unspecified atom stereocenters. The summed E-state index contributed by atoms with van der Waals surface area (Å²) >= 11 is -2.03. The third-order valence-corrected chi connectivity index (χ3v) is 13.8. The van der Waals surface area contributed by atoms with Crippen LogP contribution in [0.3, 0.4) is 0 Å². The maximum Gasteiger partial charge on any atom is 0 e. The molecule has 3 aromatic carbocycles. The molecule has 1 radical (unpaired) electrons. The van der Waals surface area contributed by atoms with Crippen molar-refractivity contribution in [2.75, 3.05) is 0 Å². The van der Waals surface area contributed by atoms with Crippen molar-refractivity contribution >= 4 is 45.1 Å². The van der Waals surface area contributed by atoms with Gasteiger partial charge in [0, 0.05) is 37.0 Å². The van der Waals surface area contributed by atoms with E-state index in [-0.39, 0.29) is 42.5 Å². The summed E-state index contributed by atoms with van der Waals surface area (Å²) < 4.78 is 1.60. The van der Waals surface area contributed by atoms with Crippen molar-refractivity contribution in [2.45, 2.75) is 106 Å². The summed E-state index contributed by atoms with van der Waals surface area (Å²) in [6.45, 7) is 22.4. The summed E-state index contributed by atoms with van der Waals surface area (Å²) in [4.78, 5) is 21.6. The number of aromatic nitrogens is 2. The number of rotatable bonds is 7. The van der Waals surface area contributed by atoms with Gasteiger partial charge < -0.3 is 5.11 Å². The summed E-state index contributed by atoms with van der Waals surface area (Å²) in [5, 5.41) is 13.5. The fourth-order valence-electron chi connectivity index (χ4n) is 5.82. The van der Waals surface area contributed by atoms with Crippen LogP contribution in [0.1, 0.15) is 82.5 Å². The van der Waals surface area contributed by atoms with E-state index in [1.807, 2.05) is 48.5 Å². The SMILES string of the molecule is CCC(C)(C)C(=O)/C=C(\O)C(C)(C)CC.Cc1[c-]c(-c2nc(C)nc3c2ccc2cc(C)[c]([Ge]([CH3])([CH3])[CH3])c(C)c23)cc(C)c1.[Ir]. The van der Waals surface area contributed by atoms with Gasteiger partial charge in [0.15, 0.2) is 5.78 Å². The van der Waals surface area contributed by atoms with Crippen LogP contribution in [0.4, 0.5) is 0 Å². The molecule has 0 aliphatic carbocycles. The van der Waals surface area contributed by atoms with Crippen LogP contribution in [-0.2, 0) is 24.9 Å². The van der Waals surface area contributed by atoms with Gasteiger partial charge in [-0.3, -0.25) is 4.79 Å². The van der Waals surface area contributed by atoms with Gasteiger partial charge in [-0.25, -0.2) is 0 Å². The van der Waals surface area contributed by atoms with E-state index in [0.717, 1.165) is 46.4 Å². The Morgan fingerprint density at radius 3 is 2.04 bits per heavy atom. The Bertz CT molecular complexity index is 1730. The molecule has 0 aliphatic heterocycles. The first-order chi connectivity index (χ1) is 20.2. The number of hydrogen-bond donors (Lipinski definition) is 1. The molecule has 0 aliphatic rings. The molecular formula is C39H53GeIrN2O2-. The smallest absolute Gasteiger partial charge is 0 e. The van der Waals surface area contributed by atoms with Gasteiger partial charge in [-0.1, -0.05) is 41.5 Å². The predicted molar refractivity (Wildman–Crippen MR) is 192 cm³/mol. The summed E-state index contributed by atoms with van der Waals surface area (Å²) in [6.07, 6.45) is 2.99. The molecular weight excluding hydrogens is 793 g/mol. The molecule has 1 N–H and O–H groups in total. The molecule has 4 nitrogen and oxygen atoms in total. The van der Waals surface area contributed by atoms with Crippen LogP contribution < -0.4 is 4.40 Å². The first kappa shape index (κ1) is 38.8. The number of aliphatic hydroxyl groups is 1. The molecule has 245 valence electrons. The van der Waals surface area contributed by atoms with Gasteiger partial charge in [0.2, 0.25) is 0 Å². The minimum absolute atomic E-state index is 0. The molecule has 0 saturated heterocycles. The Hall–Kier alpha value is -2.34. The monoisotopic (exact) mass is 848 g/mol. The molecule has 0 atom stereocenters. The maximum atomic E-state index is 11.8. The minimum Gasteiger partial charge on any atom is 0 e. The van der Waals surface area contributed by atoms with E-state index in [4.69, 9.17) is 9.97 Å². The van der Waals surface area contributed by atoms with Gasteiger partial charge in [-0.05, 0) is 12.8 Å². The van der Waals surface area contributed by atoms with E-state index in [9.17, 15) is 9.90 Å². The topological polar surface area (TPSA) is 63.1 Å². The van der Waals surface area contributed by atoms with Gasteiger partial charge in [0.1, 0.15) is 5.76 Å². The van der Waals surface area contributed by atoms with Crippen molar-refractivity contribution in [3.8, 4) is 11.3 Å². The second kappa shape index (κ2) is 14.6. The van der Waals surface area contributed by atoms with Crippen molar-refractivity contribution in [3.63, 3.8) is 0 Å². The van der Waals surface area contributed by atoms with Crippen molar-refractivity contribution in [1.82, 2.24) is 9.97 Å². The quantitative estimate of drug-likeness (QED) is 0.0662. The molecule has 0 saturated carbocycles. The molecule has 0 bridgehead atoms. The normalized spacial score (nSPS) is 12.5. The molecule has 0 fully saturated rings. The second-order valence-electron chi connectivity index (χ2n) is 14.7. The molecule has 0 spiro atoms. The largest absolute Gasteiger partial charge is 0 e. The summed E-state index contributed by atoms with van der Waals surface area (Å²) in [6, 6.07) is 14.6. The number of nitrogens with zero attached hydrogens (tertiary/aromatic N) is 2. The van der Waals surface area contributed by atoms with Crippen LogP contribution >= 0.6 is 0 Å². The Labute approximate surface area is 288 Å². The second-order valence-corrected chi connectivity index (χ2v) is 25.2. The summed E-state index contributed by atoms with van der Waals surface area (Å²) in [5.41, 5.74) is 7.63. The van der Waals surface area contributed by atoms with E-state index in [1.165, 1.54) is 33.5 Å². The Kier molecular flexibility index (Phi) is 12.6. The van der Waals surface area contributed by atoms with Crippen LogP contribution in [0.2, 0.25) is 17.3 Å². The summed E-state index contributed by atoms with van der Waals surface area (Å²) in [7, 11) is 0. The van der Waals surface area contributed by atoms with E-state index in [2.05, 4.69) is 81.4 Å². The van der Waals surface area contributed by atoms with Crippen molar-refractivity contribution in [3.05, 3.63) is 76.3 Å². The number of benzene rings is 3. The van der Waals surface area contributed by atoms with Crippen molar-refractivity contribution in [1.29, 1.82) is 0 Å². The van der Waals surface area contributed by atoms with E-state index < -0.39 is 13.3 Å². The average Bonchev–Trinajstić information content (AvgIpc) is 2.91. The van der Waals surface area contributed by atoms with Crippen LogP contribution in [0.25, 0.3) is 32.9 Å². The number of fused-ring (bicyclic) bond motifs is 3. The third-order valence-electron chi connectivity index (χ3n) is 9.08. The van der Waals surface area contributed by atoms with E-state index in [1.54, 1.807) is 4.40 Å². The minimum atomic E-state index is -2.03. The van der Waals surface area contributed by atoms with Gasteiger partial charge in [0.25, 0.3) is 0 Å². The fourth-order valence-corrected chi connectivity index (χ4v) is 11.1. The zero-order valence-corrected chi connectivity index (χ0v) is 34.5. The van der Waals surface area contributed by atoms with Crippen LogP contribution in [0, 0.1) is 51.5 Å².